The van der Waals surface area contributed by atoms with Gasteiger partial charge in [0, 0.05) is 37.0 Å². The number of nitro groups is 2. The lowest BCUT2D eigenvalue weighted by atomic mass is 9.98. The molecule has 3 unspecified atom stereocenters. The Morgan fingerprint density at radius 2 is 0.971 bits per heavy atom. The van der Waals surface area contributed by atoms with Crippen molar-refractivity contribution in [2.45, 2.75) is 197 Å². The smallest absolute Gasteiger partial charge is 0.303 e. The van der Waals surface area contributed by atoms with Gasteiger partial charge in [-0.25, -0.2) is 0 Å². The van der Waals surface area contributed by atoms with Gasteiger partial charge in [0.05, 0.1) is 34.8 Å². The second-order valence-corrected chi connectivity index (χ2v) is 18.8. The Kier molecular flexibility index (Phi) is 28.3. The minimum absolute atomic E-state index is 0.120. The predicted octanol–water partition coefficient (Wildman–Crippen LogP) is 18.8. The summed E-state index contributed by atoms with van der Waals surface area (Å²) in [7, 11) is 0. The third-order valence-corrected chi connectivity index (χ3v) is 13.3. The number of nitro benzene ring substituents is 2. The number of rotatable bonds is 38. The fourth-order valence-electron chi connectivity index (χ4n) is 8.50. The first-order valence-corrected chi connectivity index (χ1v) is 26.6. The zero-order valence-corrected chi connectivity index (χ0v) is 43.3. The number of aryl methyl sites for hydroxylation is 1. The molecular formula is C55H87N7O6. The summed E-state index contributed by atoms with van der Waals surface area (Å²) in [4.78, 5) is 24.7. The summed E-state index contributed by atoms with van der Waals surface area (Å²) < 4.78 is 13.1. The number of benzene rings is 3. The monoisotopic (exact) mass is 942 g/mol. The lowest BCUT2D eigenvalue weighted by Gasteiger charge is -2.30. The fraction of sp³-hybridized carbons (Fsp3) is 0.673. The van der Waals surface area contributed by atoms with E-state index in [1.807, 2.05) is 0 Å². The van der Waals surface area contributed by atoms with Crippen LogP contribution in [-0.4, -0.2) is 36.1 Å². The van der Waals surface area contributed by atoms with Crippen molar-refractivity contribution in [2.75, 3.05) is 31.2 Å². The second kappa shape index (κ2) is 33.5. The quantitative estimate of drug-likeness (QED) is 0.0239. The lowest BCUT2D eigenvalue weighted by Crippen LogP contribution is -2.30. The van der Waals surface area contributed by atoms with Crippen LogP contribution in [0.3, 0.4) is 0 Å². The highest BCUT2D eigenvalue weighted by molar-refractivity contribution is 5.68. The Balaban J connectivity index is 2.04. The SMILES string of the molecule is CCCCCCCCCCCCN(CC(CC)CCCC)c1ccc(N=Nc2cc(OCC(CC)CCCC)c(N=Nc3ccc([N+](=O)[O-])cc3[N+](=O)[O-])cc2OCC(CC)CCCC)c(C)c1. The summed E-state index contributed by atoms with van der Waals surface area (Å²) in [6.45, 7) is 20.6. The van der Waals surface area contributed by atoms with Gasteiger partial charge in [-0.3, -0.25) is 20.2 Å². The van der Waals surface area contributed by atoms with Crippen LogP contribution in [0.1, 0.15) is 195 Å². The molecule has 0 spiro atoms. The first-order valence-electron chi connectivity index (χ1n) is 26.6. The maximum Gasteiger partial charge on any atom is 0.303 e. The van der Waals surface area contributed by atoms with Gasteiger partial charge in [-0.1, -0.05) is 164 Å². The Bertz CT molecular complexity index is 1970. The van der Waals surface area contributed by atoms with Crippen LogP contribution in [0.25, 0.3) is 0 Å². The van der Waals surface area contributed by atoms with Gasteiger partial charge in [-0.05, 0) is 80.2 Å². The van der Waals surface area contributed by atoms with E-state index in [2.05, 4.69) is 88.7 Å². The molecule has 0 aromatic heterocycles. The molecule has 3 aromatic rings. The number of unbranched alkanes of at least 4 members (excludes halogenated alkanes) is 12. The minimum Gasteiger partial charge on any atom is -0.491 e. The van der Waals surface area contributed by atoms with Crippen LogP contribution in [0.5, 0.6) is 11.5 Å². The summed E-state index contributed by atoms with van der Waals surface area (Å²) in [6, 6.07) is 13.3. The van der Waals surface area contributed by atoms with E-state index in [1.54, 1.807) is 12.1 Å². The molecule has 0 radical (unpaired) electrons. The Morgan fingerprint density at radius 1 is 0.515 bits per heavy atom. The lowest BCUT2D eigenvalue weighted by molar-refractivity contribution is -0.393. The molecule has 13 heteroatoms. The van der Waals surface area contributed by atoms with Crippen LogP contribution >= 0.6 is 0 Å². The molecular weight excluding hydrogens is 855 g/mol. The predicted molar refractivity (Wildman–Crippen MR) is 281 cm³/mol. The van der Waals surface area contributed by atoms with Crippen LogP contribution in [0.4, 0.5) is 39.8 Å². The van der Waals surface area contributed by atoms with E-state index in [-0.39, 0.29) is 5.69 Å². The van der Waals surface area contributed by atoms with E-state index in [4.69, 9.17) is 19.7 Å². The van der Waals surface area contributed by atoms with E-state index in [0.717, 1.165) is 81.8 Å². The van der Waals surface area contributed by atoms with Crippen molar-refractivity contribution in [2.24, 2.45) is 38.2 Å². The first-order chi connectivity index (χ1) is 33.0. The van der Waals surface area contributed by atoms with Crippen molar-refractivity contribution in [3.05, 3.63) is 74.3 Å². The van der Waals surface area contributed by atoms with E-state index in [0.29, 0.717) is 53.8 Å². The number of anilines is 1. The van der Waals surface area contributed by atoms with Crippen molar-refractivity contribution in [3.8, 4) is 11.5 Å². The summed E-state index contributed by atoms with van der Waals surface area (Å²) in [5.74, 6) is 2.09. The van der Waals surface area contributed by atoms with Crippen molar-refractivity contribution < 1.29 is 19.3 Å². The van der Waals surface area contributed by atoms with Crippen LogP contribution in [0.15, 0.2) is 69.0 Å². The zero-order chi connectivity index (χ0) is 49.5. The molecule has 0 aliphatic rings. The van der Waals surface area contributed by atoms with Crippen molar-refractivity contribution in [1.82, 2.24) is 0 Å². The first kappa shape index (κ1) is 57.4. The third kappa shape index (κ3) is 20.7. The number of azo groups is 2. The molecule has 3 atom stereocenters. The highest BCUT2D eigenvalue weighted by Crippen LogP contribution is 2.43. The maximum atomic E-state index is 12.0. The minimum atomic E-state index is -0.697. The van der Waals surface area contributed by atoms with Gasteiger partial charge < -0.3 is 14.4 Å². The number of non-ortho nitro benzene ring substituents is 1. The highest BCUT2D eigenvalue weighted by atomic mass is 16.6. The molecule has 0 saturated heterocycles. The maximum absolute atomic E-state index is 12.0. The summed E-state index contributed by atoms with van der Waals surface area (Å²) in [6.07, 6.45) is 26.3. The standard InChI is InChI=1S/C55H87N7O6/c1-9-16-20-21-22-23-24-25-26-27-35-60(40-44(13-5)28-17-10-2)47-31-33-49(43(8)36-47)56-58-51-38-55(68-42-46(15-7)30-19-12-4)52(39-54(51)67-41-45(14-6)29-18-11-3)59-57-50-34-32-48(61(63)64)37-53(50)62(65)66/h31-34,36-39,44-46H,9-30,35,40-42H2,1-8H3. The van der Waals surface area contributed by atoms with Gasteiger partial charge in [-0.15, -0.1) is 15.3 Å². The highest BCUT2D eigenvalue weighted by Gasteiger charge is 2.22. The fourth-order valence-corrected chi connectivity index (χ4v) is 8.50. The number of hydrogen-bond donors (Lipinski definition) is 0. The van der Waals surface area contributed by atoms with Crippen LogP contribution in [0, 0.1) is 44.9 Å². The Labute approximate surface area is 409 Å². The molecule has 0 heterocycles. The largest absolute Gasteiger partial charge is 0.491 e. The van der Waals surface area contributed by atoms with Gasteiger partial charge in [-0.2, -0.15) is 5.11 Å². The van der Waals surface area contributed by atoms with Gasteiger partial charge in [0.2, 0.25) is 0 Å². The van der Waals surface area contributed by atoms with E-state index < -0.39 is 21.2 Å². The van der Waals surface area contributed by atoms with Crippen molar-refractivity contribution >= 4 is 39.8 Å². The number of hydrogen-bond acceptors (Lipinski definition) is 11. The normalized spacial score (nSPS) is 13.0. The molecule has 378 valence electrons. The molecule has 0 N–H and O–H groups in total. The van der Waals surface area contributed by atoms with Gasteiger partial charge in [0.1, 0.15) is 22.9 Å². The zero-order valence-electron chi connectivity index (χ0n) is 43.3. The Hall–Kier alpha value is -4.94. The average Bonchev–Trinajstić information content (AvgIpc) is 3.34. The summed E-state index contributed by atoms with van der Waals surface area (Å²) in [5.41, 5.74) is 2.73. The summed E-state index contributed by atoms with van der Waals surface area (Å²) in [5, 5.41) is 41.9. The molecule has 0 saturated carbocycles. The molecule has 13 nitrogen and oxygen atoms in total. The molecule has 0 amide bonds. The molecule has 0 bridgehead atoms. The molecule has 3 aromatic carbocycles. The van der Waals surface area contributed by atoms with Gasteiger partial charge in [0.15, 0.2) is 5.69 Å². The summed E-state index contributed by atoms with van der Waals surface area (Å²) >= 11 is 0. The van der Waals surface area contributed by atoms with E-state index >= 15 is 0 Å². The third-order valence-electron chi connectivity index (χ3n) is 13.3. The van der Waals surface area contributed by atoms with Crippen LogP contribution in [0.2, 0.25) is 0 Å². The number of nitrogens with zero attached hydrogens (tertiary/aromatic N) is 7. The molecule has 0 aliphatic carbocycles. The molecule has 0 aliphatic heterocycles. The molecule has 68 heavy (non-hydrogen) atoms. The second-order valence-electron chi connectivity index (χ2n) is 18.8. The number of ether oxygens (including phenoxy) is 2. The van der Waals surface area contributed by atoms with E-state index in [1.165, 1.54) is 108 Å². The van der Waals surface area contributed by atoms with Crippen molar-refractivity contribution in [1.29, 1.82) is 0 Å². The van der Waals surface area contributed by atoms with Gasteiger partial charge in [0.25, 0.3) is 5.69 Å². The van der Waals surface area contributed by atoms with Crippen LogP contribution < -0.4 is 14.4 Å². The molecule has 0 fully saturated rings. The van der Waals surface area contributed by atoms with Crippen LogP contribution in [-0.2, 0) is 0 Å². The van der Waals surface area contributed by atoms with Gasteiger partial charge >= 0.3 is 5.69 Å². The topological polar surface area (TPSA) is 157 Å². The van der Waals surface area contributed by atoms with Crippen molar-refractivity contribution in [3.63, 3.8) is 0 Å². The average molecular weight is 942 g/mol. The Morgan fingerprint density at radius 3 is 1.44 bits per heavy atom. The van der Waals surface area contributed by atoms with E-state index in [9.17, 15) is 20.2 Å². The molecule has 3 rings (SSSR count).